The minimum absolute atomic E-state index is 0.170. The van der Waals surface area contributed by atoms with E-state index in [9.17, 15) is 14.0 Å². The van der Waals surface area contributed by atoms with Gasteiger partial charge in [-0.3, -0.25) is 4.79 Å². The molecule has 0 saturated heterocycles. The number of carbonyl (C=O) groups excluding carboxylic acids is 2. The Hall–Kier alpha value is -1.91. The molecule has 0 fully saturated rings. The van der Waals surface area contributed by atoms with Crippen molar-refractivity contribution in [3.63, 3.8) is 0 Å². The van der Waals surface area contributed by atoms with E-state index in [0.717, 1.165) is 6.07 Å². The van der Waals surface area contributed by atoms with Crippen molar-refractivity contribution >= 4 is 11.9 Å². The summed E-state index contributed by atoms with van der Waals surface area (Å²) in [6.45, 7) is 3.10. The lowest BCUT2D eigenvalue weighted by atomic mass is 10.1. The molecular weight excluding hydrogens is 225 g/mol. The van der Waals surface area contributed by atoms with E-state index in [0.29, 0.717) is 5.56 Å². The van der Waals surface area contributed by atoms with Gasteiger partial charge in [-0.1, -0.05) is 6.07 Å². The van der Waals surface area contributed by atoms with Crippen molar-refractivity contribution in [2.75, 3.05) is 7.11 Å². The van der Waals surface area contributed by atoms with Gasteiger partial charge < -0.3 is 10.1 Å². The number of carbonyl (C=O) groups is 2. The Labute approximate surface area is 98.8 Å². The van der Waals surface area contributed by atoms with Crippen molar-refractivity contribution in [3.05, 3.63) is 35.1 Å². The Bertz CT molecular complexity index is 445. The lowest BCUT2D eigenvalue weighted by Crippen LogP contribution is -2.39. The number of aryl methyl sites for hydroxylation is 1. The second-order valence-corrected chi connectivity index (χ2v) is 3.68. The molecule has 1 aromatic carbocycles. The van der Waals surface area contributed by atoms with Gasteiger partial charge in [0, 0.05) is 5.56 Å². The van der Waals surface area contributed by atoms with Crippen LogP contribution in [0, 0.1) is 12.7 Å². The van der Waals surface area contributed by atoms with Gasteiger partial charge in [0.15, 0.2) is 0 Å². The Morgan fingerprint density at radius 1 is 1.41 bits per heavy atom. The molecule has 1 unspecified atom stereocenters. The fraction of sp³-hybridized carbons (Fsp3) is 0.333. The Balaban J connectivity index is 2.76. The summed E-state index contributed by atoms with van der Waals surface area (Å²) in [6, 6.07) is 3.37. The van der Waals surface area contributed by atoms with Crippen LogP contribution in [0.1, 0.15) is 22.8 Å². The normalized spacial score (nSPS) is 11.8. The summed E-state index contributed by atoms with van der Waals surface area (Å²) >= 11 is 0. The summed E-state index contributed by atoms with van der Waals surface area (Å²) in [4.78, 5) is 22.7. The molecule has 0 saturated carbocycles. The van der Waals surface area contributed by atoms with Gasteiger partial charge in [0.2, 0.25) is 0 Å². The number of esters is 1. The molecule has 0 radical (unpaired) electrons. The number of hydrogen-bond acceptors (Lipinski definition) is 3. The maximum Gasteiger partial charge on any atom is 0.328 e. The van der Waals surface area contributed by atoms with E-state index in [1.54, 1.807) is 6.92 Å². The van der Waals surface area contributed by atoms with Crippen molar-refractivity contribution in [2.24, 2.45) is 0 Å². The molecule has 1 rings (SSSR count). The van der Waals surface area contributed by atoms with Crippen molar-refractivity contribution < 1.29 is 18.7 Å². The van der Waals surface area contributed by atoms with E-state index < -0.39 is 23.7 Å². The average molecular weight is 239 g/mol. The van der Waals surface area contributed by atoms with E-state index in [1.807, 2.05) is 0 Å². The number of halogens is 1. The Kier molecular flexibility index (Phi) is 4.20. The molecule has 5 heteroatoms. The first kappa shape index (κ1) is 13.2. The van der Waals surface area contributed by atoms with Crippen LogP contribution in [0.2, 0.25) is 0 Å². The quantitative estimate of drug-likeness (QED) is 0.812. The summed E-state index contributed by atoms with van der Waals surface area (Å²) in [5.74, 6) is -1.52. The molecule has 0 bridgehead atoms. The van der Waals surface area contributed by atoms with E-state index >= 15 is 0 Å². The van der Waals surface area contributed by atoms with Gasteiger partial charge >= 0.3 is 5.97 Å². The van der Waals surface area contributed by atoms with Crippen LogP contribution in [0.3, 0.4) is 0 Å². The zero-order chi connectivity index (χ0) is 13.0. The first-order chi connectivity index (χ1) is 7.95. The van der Waals surface area contributed by atoms with Gasteiger partial charge in [-0.2, -0.15) is 0 Å². The van der Waals surface area contributed by atoms with Crippen molar-refractivity contribution in [1.82, 2.24) is 5.32 Å². The van der Waals surface area contributed by atoms with Gasteiger partial charge in [-0.15, -0.1) is 0 Å². The smallest absolute Gasteiger partial charge is 0.328 e. The topological polar surface area (TPSA) is 55.4 Å². The van der Waals surface area contributed by atoms with Crippen LogP contribution in [-0.4, -0.2) is 25.0 Å². The molecule has 1 amide bonds. The maximum atomic E-state index is 13.2. The summed E-state index contributed by atoms with van der Waals surface area (Å²) in [6.07, 6.45) is 0. The molecule has 0 spiro atoms. The third-order valence-electron chi connectivity index (χ3n) is 2.34. The molecule has 0 aliphatic heterocycles. The van der Waals surface area contributed by atoms with Crippen LogP contribution in [0.15, 0.2) is 18.2 Å². The van der Waals surface area contributed by atoms with Crippen molar-refractivity contribution in [3.8, 4) is 0 Å². The number of methoxy groups -OCH3 is 1. The molecular formula is C12H14FNO3. The number of hydrogen-bond donors (Lipinski definition) is 1. The summed E-state index contributed by atoms with van der Waals surface area (Å²) < 4.78 is 17.7. The van der Waals surface area contributed by atoms with Gasteiger partial charge in [0.1, 0.15) is 11.9 Å². The Morgan fingerprint density at radius 2 is 2.06 bits per heavy atom. The van der Waals surface area contributed by atoms with Gasteiger partial charge in [-0.25, -0.2) is 9.18 Å². The number of nitrogens with one attached hydrogen (secondary N) is 1. The van der Waals surface area contributed by atoms with Gasteiger partial charge in [0.05, 0.1) is 7.11 Å². The lowest BCUT2D eigenvalue weighted by molar-refractivity contribution is -0.142. The molecule has 1 N–H and O–H groups in total. The molecule has 1 atom stereocenters. The highest BCUT2D eigenvalue weighted by Gasteiger charge is 2.17. The second kappa shape index (κ2) is 5.43. The van der Waals surface area contributed by atoms with Crippen LogP contribution < -0.4 is 5.32 Å². The minimum Gasteiger partial charge on any atom is -0.467 e. The van der Waals surface area contributed by atoms with Gasteiger partial charge in [-0.05, 0) is 31.5 Å². The average Bonchev–Trinajstić information content (AvgIpc) is 2.31. The zero-order valence-electron chi connectivity index (χ0n) is 9.91. The van der Waals surface area contributed by atoms with Crippen LogP contribution >= 0.6 is 0 Å². The number of ether oxygens (including phenoxy) is 1. The highest BCUT2D eigenvalue weighted by atomic mass is 19.1. The monoisotopic (exact) mass is 239 g/mol. The van der Waals surface area contributed by atoms with Crippen LogP contribution in [0.4, 0.5) is 4.39 Å². The maximum absolute atomic E-state index is 13.2. The zero-order valence-corrected chi connectivity index (χ0v) is 9.91. The van der Waals surface area contributed by atoms with Gasteiger partial charge in [0.25, 0.3) is 5.91 Å². The molecule has 0 heterocycles. The minimum atomic E-state index is -0.767. The fourth-order valence-corrected chi connectivity index (χ4v) is 1.25. The van der Waals surface area contributed by atoms with Crippen LogP contribution in [0.25, 0.3) is 0 Å². The molecule has 92 valence electrons. The van der Waals surface area contributed by atoms with E-state index in [-0.39, 0.29) is 5.56 Å². The largest absolute Gasteiger partial charge is 0.467 e. The first-order valence-corrected chi connectivity index (χ1v) is 5.10. The SMILES string of the molecule is COC(=O)C(C)NC(=O)c1ccc(C)c(F)c1. The van der Waals surface area contributed by atoms with Crippen molar-refractivity contribution in [1.29, 1.82) is 0 Å². The number of amides is 1. The first-order valence-electron chi connectivity index (χ1n) is 5.10. The number of benzene rings is 1. The fourth-order valence-electron chi connectivity index (χ4n) is 1.25. The predicted octanol–water partition coefficient (Wildman–Crippen LogP) is 1.43. The highest BCUT2D eigenvalue weighted by Crippen LogP contribution is 2.09. The lowest BCUT2D eigenvalue weighted by Gasteiger charge is -2.11. The third-order valence-corrected chi connectivity index (χ3v) is 2.34. The molecule has 17 heavy (non-hydrogen) atoms. The van der Waals surface area contributed by atoms with E-state index in [1.165, 1.54) is 26.2 Å². The Morgan fingerprint density at radius 3 is 2.59 bits per heavy atom. The summed E-state index contributed by atoms with van der Waals surface area (Å²) in [5.41, 5.74) is 0.631. The van der Waals surface area contributed by atoms with Crippen LogP contribution in [-0.2, 0) is 9.53 Å². The second-order valence-electron chi connectivity index (χ2n) is 3.68. The van der Waals surface area contributed by atoms with E-state index in [4.69, 9.17) is 0 Å². The summed E-state index contributed by atoms with van der Waals surface area (Å²) in [7, 11) is 1.23. The molecule has 4 nitrogen and oxygen atoms in total. The predicted molar refractivity (Wildman–Crippen MR) is 60.1 cm³/mol. The highest BCUT2D eigenvalue weighted by molar-refractivity contribution is 5.96. The molecule has 1 aromatic rings. The third kappa shape index (κ3) is 3.27. The van der Waals surface area contributed by atoms with Crippen LogP contribution in [0.5, 0.6) is 0 Å². The van der Waals surface area contributed by atoms with E-state index in [2.05, 4.69) is 10.1 Å². The molecule has 0 aromatic heterocycles. The number of rotatable bonds is 3. The molecule has 0 aliphatic carbocycles. The molecule has 0 aliphatic rings. The summed E-state index contributed by atoms with van der Waals surface area (Å²) in [5, 5.41) is 2.41. The van der Waals surface area contributed by atoms with Crippen molar-refractivity contribution in [2.45, 2.75) is 19.9 Å². The standard InChI is InChI=1S/C12H14FNO3/c1-7-4-5-9(6-10(7)13)11(15)14-8(2)12(16)17-3/h4-6,8H,1-3H3,(H,14,15).